The van der Waals surface area contributed by atoms with Gasteiger partial charge in [-0.3, -0.25) is 4.79 Å². The zero-order valence-corrected chi connectivity index (χ0v) is 14.4. The zero-order valence-electron chi connectivity index (χ0n) is 13.5. The number of hydrogen-bond donors (Lipinski definition) is 1. The lowest BCUT2D eigenvalue weighted by atomic mass is 10.1. The molecule has 0 spiro atoms. The Morgan fingerprint density at radius 1 is 1.11 bits per heavy atom. The minimum Gasteiger partial charge on any atom is -0.326 e. The van der Waals surface area contributed by atoms with Gasteiger partial charge in [-0.2, -0.15) is 18.4 Å². The van der Waals surface area contributed by atoms with E-state index in [-0.39, 0.29) is 10.6 Å². The van der Waals surface area contributed by atoms with Crippen molar-refractivity contribution in [3.8, 4) is 6.07 Å². The predicted molar refractivity (Wildman–Crippen MR) is 87.9 cm³/mol. The standard InChI is InChI=1S/C17H12F4N2O3S/c18-12-2-5-14(6-3-12)27(25,26)8-7-16(24)23-13-4-1-11(10-22)15(9-13)17(19,20)21/h1-6,9H,7-8H2,(H,23,24). The fourth-order valence-corrected chi connectivity index (χ4v) is 3.40. The number of sulfone groups is 1. The molecular formula is C17H12F4N2O3S. The molecule has 0 aliphatic carbocycles. The second-order valence-electron chi connectivity index (χ2n) is 5.44. The number of nitriles is 1. The van der Waals surface area contributed by atoms with Crippen molar-refractivity contribution in [2.24, 2.45) is 0 Å². The maximum atomic E-state index is 12.9. The third-order valence-electron chi connectivity index (χ3n) is 3.50. The Labute approximate surface area is 152 Å². The van der Waals surface area contributed by atoms with Crippen molar-refractivity contribution in [3.05, 3.63) is 59.4 Å². The average molecular weight is 400 g/mol. The van der Waals surface area contributed by atoms with Gasteiger partial charge in [0.05, 0.1) is 27.8 Å². The number of amides is 1. The van der Waals surface area contributed by atoms with Crippen molar-refractivity contribution in [1.82, 2.24) is 0 Å². The van der Waals surface area contributed by atoms with Gasteiger partial charge in [-0.15, -0.1) is 0 Å². The highest BCUT2D eigenvalue weighted by atomic mass is 32.2. The van der Waals surface area contributed by atoms with E-state index in [1.54, 1.807) is 0 Å². The first-order valence-electron chi connectivity index (χ1n) is 7.42. The van der Waals surface area contributed by atoms with Crippen molar-refractivity contribution >= 4 is 21.4 Å². The highest BCUT2D eigenvalue weighted by molar-refractivity contribution is 7.91. The van der Waals surface area contributed by atoms with Gasteiger partial charge in [0.15, 0.2) is 9.84 Å². The molecule has 2 aromatic carbocycles. The lowest BCUT2D eigenvalue weighted by molar-refractivity contribution is -0.137. The van der Waals surface area contributed by atoms with E-state index in [2.05, 4.69) is 5.32 Å². The fraction of sp³-hybridized carbons (Fsp3) is 0.176. The molecule has 0 atom stereocenters. The molecule has 0 aliphatic rings. The smallest absolute Gasteiger partial charge is 0.326 e. The number of carbonyl (C=O) groups is 1. The van der Waals surface area contributed by atoms with Crippen LogP contribution < -0.4 is 5.32 Å². The molecule has 0 fully saturated rings. The molecule has 2 aromatic rings. The Morgan fingerprint density at radius 2 is 1.74 bits per heavy atom. The normalized spacial score (nSPS) is 11.7. The third-order valence-corrected chi connectivity index (χ3v) is 5.23. The summed E-state index contributed by atoms with van der Waals surface area (Å²) in [5, 5.41) is 10.9. The van der Waals surface area contributed by atoms with Crippen LogP contribution in [-0.4, -0.2) is 20.1 Å². The first kappa shape index (κ1) is 20.4. The summed E-state index contributed by atoms with van der Waals surface area (Å²) in [5.74, 6) is -2.04. The van der Waals surface area contributed by atoms with Gasteiger partial charge in [0.1, 0.15) is 5.82 Å². The van der Waals surface area contributed by atoms with E-state index in [0.29, 0.717) is 6.07 Å². The number of halogens is 4. The minimum absolute atomic E-state index is 0.172. The Balaban J connectivity index is 2.08. The van der Waals surface area contributed by atoms with Crippen LogP contribution in [-0.2, 0) is 20.8 Å². The fourth-order valence-electron chi connectivity index (χ4n) is 2.16. The Hall–Kier alpha value is -2.93. The highest BCUT2D eigenvalue weighted by Gasteiger charge is 2.34. The molecule has 0 bridgehead atoms. The van der Waals surface area contributed by atoms with Gasteiger partial charge >= 0.3 is 6.18 Å². The molecule has 0 heterocycles. The predicted octanol–water partition coefficient (Wildman–Crippen LogP) is 3.52. The van der Waals surface area contributed by atoms with E-state index in [9.17, 15) is 30.8 Å². The van der Waals surface area contributed by atoms with Crippen molar-refractivity contribution < 1.29 is 30.8 Å². The summed E-state index contributed by atoms with van der Waals surface area (Å²) in [6.45, 7) is 0. The summed E-state index contributed by atoms with van der Waals surface area (Å²) >= 11 is 0. The van der Waals surface area contributed by atoms with Gasteiger partial charge in [-0.1, -0.05) is 0 Å². The highest BCUT2D eigenvalue weighted by Crippen LogP contribution is 2.33. The van der Waals surface area contributed by atoms with E-state index >= 15 is 0 Å². The second kappa shape index (κ2) is 7.75. The largest absolute Gasteiger partial charge is 0.417 e. The van der Waals surface area contributed by atoms with Gasteiger partial charge in [0.25, 0.3) is 0 Å². The van der Waals surface area contributed by atoms with Gasteiger partial charge in [0, 0.05) is 12.1 Å². The van der Waals surface area contributed by atoms with Crippen LogP contribution in [0.2, 0.25) is 0 Å². The summed E-state index contributed by atoms with van der Waals surface area (Å²) in [6, 6.07) is 8.06. The molecule has 0 aromatic heterocycles. The average Bonchev–Trinajstić information content (AvgIpc) is 2.60. The third kappa shape index (κ3) is 5.27. The Kier molecular flexibility index (Phi) is 5.85. The number of benzene rings is 2. The van der Waals surface area contributed by atoms with Crippen molar-refractivity contribution in [2.45, 2.75) is 17.5 Å². The number of hydrogen-bond acceptors (Lipinski definition) is 4. The Bertz CT molecular complexity index is 994. The molecule has 2 rings (SSSR count). The Morgan fingerprint density at radius 3 is 2.30 bits per heavy atom. The molecule has 1 N–H and O–H groups in total. The van der Waals surface area contributed by atoms with Gasteiger partial charge in [-0.05, 0) is 42.5 Å². The summed E-state index contributed by atoms with van der Waals surface area (Å²) in [4.78, 5) is 11.7. The van der Waals surface area contributed by atoms with E-state index in [1.165, 1.54) is 6.07 Å². The molecule has 0 saturated carbocycles. The number of carbonyl (C=O) groups excluding carboxylic acids is 1. The number of nitrogens with one attached hydrogen (secondary N) is 1. The van der Waals surface area contributed by atoms with Crippen LogP contribution in [0.3, 0.4) is 0 Å². The van der Waals surface area contributed by atoms with Crippen LogP contribution in [0.5, 0.6) is 0 Å². The second-order valence-corrected chi connectivity index (χ2v) is 7.55. The quantitative estimate of drug-likeness (QED) is 0.615. The lowest BCUT2D eigenvalue weighted by Gasteiger charge is -2.12. The molecule has 0 radical (unpaired) electrons. The number of alkyl halides is 3. The molecule has 27 heavy (non-hydrogen) atoms. The molecule has 10 heteroatoms. The lowest BCUT2D eigenvalue weighted by Crippen LogP contribution is -2.18. The topological polar surface area (TPSA) is 87.0 Å². The van der Waals surface area contributed by atoms with Crippen molar-refractivity contribution in [1.29, 1.82) is 5.26 Å². The summed E-state index contributed by atoms with van der Waals surface area (Å²) < 4.78 is 75.7. The van der Waals surface area contributed by atoms with Gasteiger partial charge in [-0.25, -0.2) is 12.8 Å². The van der Waals surface area contributed by atoms with E-state index < -0.39 is 51.0 Å². The van der Waals surface area contributed by atoms with Gasteiger partial charge in [0.2, 0.25) is 5.91 Å². The van der Waals surface area contributed by atoms with Crippen LogP contribution in [0.25, 0.3) is 0 Å². The molecule has 142 valence electrons. The molecule has 0 unspecified atom stereocenters. The summed E-state index contributed by atoms with van der Waals surface area (Å²) in [6.07, 6.45) is -5.29. The first-order valence-corrected chi connectivity index (χ1v) is 9.08. The molecule has 1 amide bonds. The van der Waals surface area contributed by atoms with E-state index in [1.807, 2.05) is 0 Å². The zero-order chi connectivity index (χ0) is 20.2. The molecule has 0 saturated heterocycles. The SMILES string of the molecule is N#Cc1ccc(NC(=O)CCS(=O)(=O)c2ccc(F)cc2)cc1C(F)(F)F. The first-order chi connectivity index (χ1) is 12.5. The number of anilines is 1. The van der Waals surface area contributed by atoms with Crippen LogP contribution in [0.15, 0.2) is 47.4 Å². The molecular weight excluding hydrogens is 388 g/mol. The molecule has 0 aliphatic heterocycles. The van der Waals surface area contributed by atoms with Gasteiger partial charge < -0.3 is 5.32 Å². The number of nitrogens with zero attached hydrogens (tertiary/aromatic N) is 1. The number of rotatable bonds is 5. The van der Waals surface area contributed by atoms with Crippen LogP contribution in [0.1, 0.15) is 17.5 Å². The monoisotopic (exact) mass is 400 g/mol. The van der Waals surface area contributed by atoms with E-state index in [0.717, 1.165) is 36.4 Å². The van der Waals surface area contributed by atoms with Crippen molar-refractivity contribution in [3.63, 3.8) is 0 Å². The van der Waals surface area contributed by atoms with Crippen LogP contribution in [0, 0.1) is 17.1 Å². The maximum absolute atomic E-state index is 12.9. The molecule has 5 nitrogen and oxygen atoms in total. The van der Waals surface area contributed by atoms with Crippen LogP contribution in [0.4, 0.5) is 23.2 Å². The summed E-state index contributed by atoms with van der Waals surface area (Å²) in [5.41, 5.74) is -2.02. The van der Waals surface area contributed by atoms with Crippen LogP contribution >= 0.6 is 0 Å². The summed E-state index contributed by atoms with van der Waals surface area (Å²) in [7, 11) is -3.86. The van der Waals surface area contributed by atoms with E-state index in [4.69, 9.17) is 5.26 Å². The van der Waals surface area contributed by atoms with Crippen molar-refractivity contribution in [2.75, 3.05) is 11.1 Å². The maximum Gasteiger partial charge on any atom is 0.417 e. The minimum atomic E-state index is -4.78.